The van der Waals surface area contributed by atoms with E-state index in [9.17, 15) is 9.59 Å². The summed E-state index contributed by atoms with van der Waals surface area (Å²) in [6.45, 7) is 2.18. The summed E-state index contributed by atoms with van der Waals surface area (Å²) in [6.07, 6.45) is 6.91. The Labute approximate surface area is 150 Å². The number of amides is 2. The van der Waals surface area contributed by atoms with Crippen molar-refractivity contribution in [1.29, 1.82) is 0 Å². The molecule has 5 nitrogen and oxygen atoms in total. The summed E-state index contributed by atoms with van der Waals surface area (Å²) in [4.78, 5) is 26.7. The van der Waals surface area contributed by atoms with Gasteiger partial charge in [-0.2, -0.15) is 0 Å². The second kappa shape index (κ2) is 8.99. The van der Waals surface area contributed by atoms with Crippen molar-refractivity contribution in [1.82, 2.24) is 15.5 Å². The lowest BCUT2D eigenvalue weighted by atomic mass is 10.1. The third-order valence-electron chi connectivity index (χ3n) is 5.27. The fourth-order valence-corrected chi connectivity index (χ4v) is 3.92. The molecule has 1 heterocycles. The molecule has 1 aliphatic carbocycles. The minimum atomic E-state index is -0.0712. The molecule has 3 rings (SSSR count). The number of benzene rings is 1. The summed E-state index contributed by atoms with van der Waals surface area (Å²) >= 11 is 0. The highest BCUT2D eigenvalue weighted by molar-refractivity contribution is 5.83. The predicted molar refractivity (Wildman–Crippen MR) is 97.9 cm³/mol. The Balaban J connectivity index is 1.40. The summed E-state index contributed by atoms with van der Waals surface area (Å²) in [5, 5.41) is 6.02. The van der Waals surface area contributed by atoms with E-state index >= 15 is 0 Å². The highest BCUT2D eigenvalue weighted by atomic mass is 16.2. The van der Waals surface area contributed by atoms with Gasteiger partial charge in [-0.25, -0.2) is 0 Å². The third kappa shape index (κ3) is 5.30. The number of hydrogen-bond donors (Lipinski definition) is 2. The second-order valence-corrected chi connectivity index (χ2v) is 7.20. The van der Waals surface area contributed by atoms with Crippen LogP contribution in [-0.4, -0.2) is 41.9 Å². The normalized spacial score (nSPS) is 21.4. The van der Waals surface area contributed by atoms with Crippen LogP contribution in [0.4, 0.5) is 0 Å². The molecule has 1 atom stereocenters. The SMILES string of the molecule is O=C(CCNC(=O)C1CCCN1Cc1ccccc1)NC1CCCC1. The van der Waals surface area contributed by atoms with Crippen LogP contribution in [0.2, 0.25) is 0 Å². The second-order valence-electron chi connectivity index (χ2n) is 7.20. The number of carbonyl (C=O) groups excluding carboxylic acids is 2. The first kappa shape index (κ1) is 17.9. The smallest absolute Gasteiger partial charge is 0.237 e. The van der Waals surface area contributed by atoms with Gasteiger partial charge < -0.3 is 10.6 Å². The monoisotopic (exact) mass is 343 g/mol. The number of nitrogens with zero attached hydrogens (tertiary/aromatic N) is 1. The van der Waals surface area contributed by atoms with Crippen molar-refractivity contribution in [2.75, 3.05) is 13.1 Å². The average Bonchev–Trinajstić information content (AvgIpc) is 3.27. The molecule has 2 fully saturated rings. The van der Waals surface area contributed by atoms with Crippen LogP contribution >= 0.6 is 0 Å². The zero-order valence-corrected chi connectivity index (χ0v) is 14.9. The Morgan fingerprint density at radius 2 is 1.80 bits per heavy atom. The van der Waals surface area contributed by atoms with Crippen molar-refractivity contribution in [3.8, 4) is 0 Å². The Morgan fingerprint density at radius 1 is 1.04 bits per heavy atom. The van der Waals surface area contributed by atoms with E-state index in [1.54, 1.807) is 0 Å². The molecule has 1 unspecified atom stereocenters. The van der Waals surface area contributed by atoms with Crippen molar-refractivity contribution >= 4 is 11.8 Å². The van der Waals surface area contributed by atoms with Gasteiger partial charge in [0.15, 0.2) is 0 Å². The van der Waals surface area contributed by atoms with Crippen LogP contribution in [0, 0.1) is 0 Å². The molecular formula is C20H29N3O2. The van der Waals surface area contributed by atoms with E-state index in [4.69, 9.17) is 0 Å². The molecule has 0 radical (unpaired) electrons. The van der Waals surface area contributed by atoms with Crippen LogP contribution < -0.4 is 10.6 Å². The van der Waals surface area contributed by atoms with E-state index < -0.39 is 0 Å². The fourth-order valence-electron chi connectivity index (χ4n) is 3.92. The Bertz CT molecular complexity index is 570. The quantitative estimate of drug-likeness (QED) is 0.798. The van der Waals surface area contributed by atoms with Crippen molar-refractivity contribution in [2.24, 2.45) is 0 Å². The Hall–Kier alpha value is -1.88. The zero-order chi connectivity index (χ0) is 17.5. The van der Waals surface area contributed by atoms with Crippen molar-refractivity contribution < 1.29 is 9.59 Å². The number of rotatable bonds is 7. The van der Waals surface area contributed by atoms with E-state index in [1.807, 2.05) is 18.2 Å². The molecule has 2 N–H and O–H groups in total. The van der Waals surface area contributed by atoms with Gasteiger partial charge in [0.05, 0.1) is 6.04 Å². The molecule has 25 heavy (non-hydrogen) atoms. The summed E-state index contributed by atoms with van der Waals surface area (Å²) < 4.78 is 0. The predicted octanol–water partition coefficient (Wildman–Crippen LogP) is 2.22. The first-order valence-corrected chi connectivity index (χ1v) is 9.57. The minimum Gasteiger partial charge on any atom is -0.354 e. The molecular weight excluding hydrogens is 314 g/mol. The third-order valence-corrected chi connectivity index (χ3v) is 5.27. The maximum Gasteiger partial charge on any atom is 0.237 e. The summed E-state index contributed by atoms with van der Waals surface area (Å²) in [5.41, 5.74) is 1.23. The zero-order valence-electron chi connectivity index (χ0n) is 14.9. The van der Waals surface area contributed by atoms with Crippen molar-refractivity contribution in [2.45, 2.75) is 63.6 Å². The molecule has 0 bridgehead atoms. The molecule has 1 aliphatic heterocycles. The number of hydrogen-bond acceptors (Lipinski definition) is 3. The molecule has 1 saturated heterocycles. The molecule has 136 valence electrons. The number of carbonyl (C=O) groups is 2. The largest absolute Gasteiger partial charge is 0.354 e. The van der Waals surface area contributed by atoms with Crippen molar-refractivity contribution in [3.05, 3.63) is 35.9 Å². The van der Waals surface area contributed by atoms with Gasteiger partial charge in [-0.3, -0.25) is 14.5 Å². The molecule has 5 heteroatoms. The van der Waals surface area contributed by atoms with Gasteiger partial charge in [0.1, 0.15) is 0 Å². The summed E-state index contributed by atoms with van der Waals surface area (Å²) in [6, 6.07) is 10.5. The van der Waals surface area contributed by atoms with Gasteiger partial charge in [-0.05, 0) is 37.8 Å². The topological polar surface area (TPSA) is 61.4 Å². The van der Waals surface area contributed by atoms with E-state index in [0.717, 1.165) is 38.8 Å². The van der Waals surface area contributed by atoms with Gasteiger partial charge in [-0.1, -0.05) is 43.2 Å². The van der Waals surface area contributed by atoms with Crippen molar-refractivity contribution in [3.63, 3.8) is 0 Å². The lowest BCUT2D eigenvalue weighted by molar-refractivity contribution is -0.126. The Morgan fingerprint density at radius 3 is 2.56 bits per heavy atom. The van der Waals surface area contributed by atoms with E-state index in [0.29, 0.717) is 19.0 Å². The molecule has 0 aromatic heterocycles. The maximum absolute atomic E-state index is 12.5. The summed E-state index contributed by atoms with van der Waals surface area (Å²) in [5.74, 6) is 0.113. The lowest BCUT2D eigenvalue weighted by Crippen LogP contribution is -2.44. The first-order valence-electron chi connectivity index (χ1n) is 9.57. The van der Waals surface area contributed by atoms with E-state index in [-0.39, 0.29) is 17.9 Å². The first-order chi connectivity index (χ1) is 12.2. The van der Waals surface area contributed by atoms with Crippen LogP contribution in [-0.2, 0) is 16.1 Å². The fraction of sp³-hybridized carbons (Fsp3) is 0.600. The number of likely N-dealkylation sites (tertiary alicyclic amines) is 1. The van der Waals surface area contributed by atoms with Crippen LogP contribution in [0.5, 0.6) is 0 Å². The molecule has 2 amide bonds. The van der Waals surface area contributed by atoms with Crippen LogP contribution in [0.15, 0.2) is 30.3 Å². The number of nitrogens with one attached hydrogen (secondary N) is 2. The molecule has 1 aromatic rings. The highest BCUT2D eigenvalue weighted by Gasteiger charge is 2.30. The Kier molecular flexibility index (Phi) is 6.45. The van der Waals surface area contributed by atoms with Gasteiger partial charge in [0.25, 0.3) is 0 Å². The van der Waals surface area contributed by atoms with Crippen LogP contribution in [0.3, 0.4) is 0 Å². The molecule has 1 aromatic carbocycles. The standard InChI is InChI=1S/C20H29N3O2/c24-19(22-17-9-4-5-10-17)12-13-21-20(25)18-11-6-14-23(18)15-16-7-2-1-3-8-16/h1-3,7-8,17-18H,4-6,9-15H2,(H,21,25)(H,22,24). The van der Waals surface area contributed by atoms with E-state index in [2.05, 4.69) is 27.7 Å². The van der Waals surface area contributed by atoms with Gasteiger partial charge in [0.2, 0.25) is 11.8 Å². The van der Waals surface area contributed by atoms with Crippen LogP contribution in [0.1, 0.15) is 50.5 Å². The highest BCUT2D eigenvalue weighted by Crippen LogP contribution is 2.20. The van der Waals surface area contributed by atoms with Crippen LogP contribution in [0.25, 0.3) is 0 Å². The maximum atomic E-state index is 12.5. The minimum absolute atomic E-state index is 0.0553. The van der Waals surface area contributed by atoms with Gasteiger partial charge in [0, 0.05) is 25.6 Å². The summed E-state index contributed by atoms with van der Waals surface area (Å²) in [7, 11) is 0. The lowest BCUT2D eigenvalue weighted by Gasteiger charge is -2.23. The van der Waals surface area contributed by atoms with E-state index in [1.165, 1.54) is 18.4 Å². The molecule has 0 spiro atoms. The molecule has 1 saturated carbocycles. The molecule has 2 aliphatic rings. The van der Waals surface area contributed by atoms with Gasteiger partial charge in [-0.15, -0.1) is 0 Å². The average molecular weight is 343 g/mol. The van der Waals surface area contributed by atoms with Gasteiger partial charge >= 0.3 is 0 Å².